The topological polar surface area (TPSA) is 50.2 Å². The van der Waals surface area contributed by atoms with Crippen LogP contribution in [0.4, 0.5) is 4.39 Å². The summed E-state index contributed by atoms with van der Waals surface area (Å²) in [6.07, 6.45) is -0.332. The van der Waals surface area contributed by atoms with E-state index < -0.39 is 18.1 Å². The minimum absolute atomic E-state index is 0.518. The van der Waals surface area contributed by atoms with Crippen LogP contribution >= 0.6 is 11.3 Å². The number of carboxylic acids is 1. The van der Waals surface area contributed by atoms with Crippen LogP contribution in [0.2, 0.25) is 0 Å². The number of thiazole rings is 1. The highest BCUT2D eigenvalue weighted by molar-refractivity contribution is 7.09. The van der Waals surface area contributed by atoms with E-state index in [1.807, 2.05) is 0 Å². The summed E-state index contributed by atoms with van der Waals surface area (Å²) in [6, 6.07) is 0. The fourth-order valence-electron chi connectivity index (χ4n) is 0.798. The van der Waals surface area contributed by atoms with Crippen LogP contribution in [0.25, 0.3) is 0 Å². The predicted molar refractivity (Wildman–Crippen MR) is 43.1 cm³/mol. The second-order valence-electron chi connectivity index (χ2n) is 2.40. The van der Waals surface area contributed by atoms with Crippen LogP contribution in [-0.4, -0.2) is 22.2 Å². The molecule has 0 aliphatic carbocycles. The summed E-state index contributed by atoms with van der Waals surface area (Å²) in [5, 5.41) is 10.6. The van der Waals surface area contributed by atoms with Crippen LogP contribution in [0, 0.1) is 0 Å². The quantitative estimate of drug-likeness (QED) is 0.786. The summed E-state index contributed by atoms with van der Waals surface area (Å²) in [4.78, 5) is 14.1. The van der Waals surface area contributed by atoms with Gasteiger partial charge in [0, 0.05) is 11.6 Å². The Morgan fingerprint density at radius 3 is 2.92 bits per heavy atom. The molecule has 12 heavy (non-hydrogen) atoms. The number of hydrogen-bond acceptors (Lipinski definition) is 3. The van der Waals surface area contributed by atoms with E-state index in [4.69, 9.17) is 5.11 Å². The van der Waals surface area contributed by atoms with E-state index in [2.05, 4.69) is 4.98 Å². The summed E-state index contributed by atoms with van der Waals surface area (Å²) < 4.78 is 12.8. The van der Waals surface area contributed by atoms with E-state index in [0.717, 1.165) is 0 Å². The van der Waals surface area contributed by atoms with Crippen molar-refractivity contribution in [3.05, 3.63) is 16.6 Å². The number of aliphatic carboxylic acids is 1. The van der Waals surface area contributed by atoms with Gasteiger partial charge in [-0.15, -0.1) is 11.3 Å². The zero-order valence-corrected chi connectivity index (χ0v) is 7.21. The SMILES string of the molecule is CC(c1nccs1)C(F)C(=O)O. The summed E-state index contributed by atoms with van der Waals surface area (Å²) in [6.45, 7) is 1.51. The van der Waals surface area contributed by atoms with E-state index in [1.54, 1.807) is 5.38 Å². The van der Waals surface area contributed by atoms with Gasteiger partial charge in [0.15, 0.2) is 0 Å². The molecule has 2 atom stereocenters. The van der Waals surface area contributed by atoms with Gasteiger partial charge in [0.25, 0.3) is 0 Å². The monoisotopic (exact) mass is 189 g/mol. The largest absolute Gasteiger partial charge is 0.479 e. The predicted octanol–water partition coefficient (Wildman–Crippen LogP) is 1.67. The molecule has 5 heteroatoms. The van der Waals surface area contributed by atoms with Crippen LogP contribution in [0.15, 0.2) is 11.6 Å². The molecule has 1 aromatic heterocycles. The lowest BCUT2D eigenvalue weighted by Gasteiger charge is -2.08. The third-order valence-corrected chi connectivity index (χ3v) is 2.49. The number of carboxylic acid groups (broad SMARTS) is 1. The van der Waals surface area contributed by atoms with Crippen molar-refractivity contribution in [3.63, 3.8) is 0 Å². The van der Waals surface area contributed by atoms with Crippen LogP contribution in [-0.2, 0) is 4.79 Å². The first-order chi connectivity index (χ1) is 5.63. The summed E-state index contributed by atoms with van der Waals surface area (Å²) >= 11 is 1.26. The van der Waals surface area contributed by atoms with Crippen LogP contribution in [0.3, 0.4) is 0 Å². The molecular formula is C7H8FNO2S. The standard InChI is InChI=1S/C7H8FNO2S/c1-4(5(8)7(10)11)6-9-2-3-12-6/h2-5H,1H3,(H,10,11). The first kappa shape index (κ1) is 9.12. The van der Waals surface area contributed by atoms with Crippen molar-refractivity contribution in [2.75, 3.05) is 0 Å². The lowest BCUT2D eigenvalue weighted by atomic mass is 10.1. The molecule has 0 saturated carbocycles. The first-order valence-corrected chi connectivity index (χ1v) is 4.27. The van der Waals surface area contributed by atoms with Crippen LogP contribution in [0.1, 0.15) is 17.8 Å². The fraction of sp³-hybridized carbons (Fsp3) is 0.429. The van der Waals surface area contributed by atoms with Gasteiger partial charge in [0.1, 0.15) is 0 Å². The molecule has 1 aromatic rings. The zero-order chi connectivity index (χ0) is 9.14. The van der Waals surface area contributed by atoms with Crippen molar-refractivity contribution in [1.29, 1.82) is 0 Å². The van der Waals surface area contributed by atoms with Gasteiger partial charge in [0.2, 0.25) is 6.17 Å². The van der Waals surface area contributed by atoms with Gasteiger partial charge < -0.3 is 5.11 Å². The average molecular weight is 189 g/mol. The zero-order valence-electron chi connectivity index (χ0n) is 6.40. The number of rotatable bonds is 3. The average Bonchev–Trinajstić information content (AvgIpc) is 2.53. The second kappa shape index (κ2) is 3.62. The highest BCUT2D eigenvalue weighted by Crippen LogP contribution is 2.23. The highest BCUT2D eigenvalue weighted by Gasteiger charge is 2.26. The molecule has 0 amide bonds. The molecular weight excluding hydrogens is 181 g/mol. The van der Waals surface area contributed by atoms with Gasteiger partial charge >= 0.3 is 5.97 Å². The van der Waals surface area contributed by atoms with Crippen molar-refractivity contribution in [2.45, 2.75) is 19.0 Å². The molecule has 66 valence electrons. The third-order valence-electron chi connectivity index (χ3n) is 1.52. The summed E-state index contributed by atoms with van der Waals surface area (Å²) in [5.74, 6) is -2.10. The van der Waals surface area contributed by atoms with Gasteiger partial charge in [-0.3, -0.25) is 0 Å². The van der Waals surface area contributed by atoms with Crippen molar-refractivity contribution >= 4 is 17.3 Å². The Balaban J connectivity index is 2.71. The lowest BCUT2D eigenvalue weighted by molar-refractivity contribution is -0.143. The summed E-state index contributed by atoms with van der Waals surface area (Å²) in [7, 11) is 0. The molecule has 0 fully saturated rings. The molecule has 0 spiro atoms. The second-order valence-corrected chi connectivity index (χ2v) is 3.33. The van der Waals surface area contributed by atoms with Crippen molar-refractivity contribution in [2.24, 2.45) is 0 Å². The Kier molecular flexibility index (Phi) is 2.75. The molecule has 0 saturated heterocycles. The molecule has 0 aromatic carbocycles. The van der Waals surface area contributed by atoms with Gasteiger partial charge in [0.05, 0.1) is 10.9 Å². The van der Waals surface area contributed by atoms with E-state index >= 15 is 0 Å². The molecule has 1 heterocycles. The number of carbonyl (C=O) groups is 1. The minimum atomic E-state index is -1.86. The number of hydrogen-bond donors (Lipinski definition) is 1. The molecule has 3 nitrogen and oxygen atoms in total. The third kappa shape index (κ3) is 1.79. The fourth-order valence-corrected chi connectivity index (χ4v) is 1.52. The highest BCUT2D eigenvalue weighted by atomic mass is 32.1. The number of halogens is 1. The Hall–Kier alpha value is -0.970. The number of aromatic nitrogens is 1. The van der Waals surface area contributed by atoms with E-state index in [-0.39, 0.29) is 0 Å². The van der Waals surface area contributed by atoms with E-state index in [0.29, 0.717) is 5.01 Å². The first-order valence-electron chi connectivity index (χ1n) is 3.39. The minimum Gasteiger partial charge on any atom is -0.479 e. The number of nitrogens with zero attached hydrogens (tertiary/aromatic N) is 1. The lowest BCUT2D eigenvalue weighted by Crippen LogP contribution is -2.21. The number of alkyl halides is 1. The molecule has 0 bridgehead atoms. The Bertz CT molecular complexity index is 262. The molecule has 1 N–H and O–H groups in total. The van der Waals surface area contributed by atoms with Gasteiger partial charge in [-0.05, 0) is 0 Å². The maximum atomic E-state index is 12.8. The van der Waals surface area contributed by atoms with Gasteiger partial charge in [-0.1, -0.05) is 6.92 Å². The maximum Gasteiger partial charge on any atom is 0.339 e. The molecule has 0 aliphatic heterocycles. The van der Waals surface area contributed by atoms with Crippen molar-refractivity contribution in [1.82, 2.24) is 4.98 Å². The van der Waals surface area contributed by atoms with Crippen molar-refractivity contribution < 1.29 is 14.3 Å². The normalized spacial score (nSPS) is 15.5. The molecule has 0 radical (unpaired) electrons. The van der Waals surface area contributed by atoms with Crippen LogP contribution < -0.4 is 0 Å². The molecule has 1 rings (SSSR count). The van der Waals surface area contributed by atoms with E-state index in [1.165, 1.54) is 24.5 Å². The van der Waals surface area contributed by atoms with E-state index in [9.17, 15) is 9.18 Å². The van der Waals surface area contributed by atoms with Gasteiger partial charge in [-0.2, -0.15) is 0 Å². The van der Waals surface area contributed by atoms with Crippen LogP contribution in [0.5, 0.6) is 0 Å². The maximum absolute atomic E-state index is 12.8. The Labute approximate surface area is 72.9 Å². The molecule has 0 aliphatic rings. The van der Waals surface area contributed by atoms with Gasteiger partial charge in [-0.25, -0.2) is 14.2 Å². The Morgan fingerprint density at radius 2 is 2.50 bits per heavy atom. The Morgan fingerprint density at radius 1 is 1.83 bits per heavy atom. The summed E-state index contributed by atoms with van der Waals surface area (Å²) in [5.41, 5.74) is 0. The van der Waals surface area contributed by atoms with Crippen molar-refractivity contribution in [3.8, 4) is 0 Å². The smallest absolute Gasteiger partial charge is 0.339 e. The molecule has 2 unspecified atom stereocenters.